The average Bonchev–Trinajstić information content (AvgIpc) is 2.16. The van der Waals surface area contributed by atoms with Crippen molar-refractivity contribution in [1.82, 2.24) is 9.80 Å². The molecular formula is C8H11N2O4-. The molecule has 0 saturated carbocycles. The van der Waals surface area contributed by atoms with E-state index in [0.717, 1.165) is 0 Å². The Balaban J connectivity index is 2.47. The summed E-state index contributed by atoms with van der Waals surface area (Å²) in [7, 11) is 0. The molecular weight excluding hydrogens is 188 g/mol. The van der Waals surface area contributed by atoms with Crippen LogP contribution in [0.1, 0.15) is 6.92 Å². The van der Waals surface area contributed by atoms with Gasteiger partial charge in [0.05, 0.1) is 0 Å². The molecule has 2 amide bonds. The van der Waals surface area contributed by atoms with Crippen molar-refractivity contribution < 1.29 is 19.5 Å². The quantitative estimate of drug-likeness (QED) is 0.401. The molecule has 78 valence electrons. The number of carbonyl (C=O) groups excluding carboxylic acids is 3. The molecule has 0 aliphatic carbocycles. The number of carboxylic acids is 1. The summed E-state index contributed by atoms with van der Waals surface area (Å²) in [5.41, 5.74) is 0. The number of hydrogen-bond acceptors (Lipinski definition) is 4. The molecule has 1 aliphatic rings. The minimum atomic E-state index is -1.69. The van der Waals surface area contributed by atoms with Crippen molar-refractivity contribution in [3.05, 3.63) is 0 Å². The van der Waals surface area contributed by atoms with Crippen LogP contribution in [0.3, 0.4) is 0 Å². The van der Waals surface area contributed by atoms with Crippen molar-refractivity contribution in [3.8, 4) is 0 Å². The Hall–Kier alpha value is -1.59. The van der Waals surface area contributed by atoms with Crippen molar-refractivity contribution in [3.63, 3.8) is 0 Å². The fraction of sp³-hybridized carbons (Fsp3) is 0.625. The standard InChI is InChI=1S/C8H12N2O4/c1-6(11)9-2-4-10(5-3-9)7(12)8(13)14/h2-5H2,1H3,(H,13,14)/p-1. The second-order valence-electron chi connectivity index (χ2n) is 3.09. The van der Waals surface area contributed by atoms with Gasteiger partial charge in [-0.25, -0.2) is 0 Å². The van der Waals surface area contributed by atoms with Crippen LogP contribution in [-0.2, 0) is 14.4 Å². The first-order valence-electron chi connectivity index (χ1n) is 4.28. The maximum atomic E-state index is 10.9. The third kappa shape index (κ3) is 2.21. The van der Waals surface area contributed by atoms with Gasteiger partial charge in [-0.15, -0.1) is 0 Å². The number of aliphatic carboxylic acids is 1. The zero-order chi connectivity index (χ0) is 10.7. The number of hydrogen-bond donors (Lipinski definition) is 0. The van der Waals surface area contributed by atoms with Crippen LogP contribution < -0.4 is 5.11 Å². The molecule has 0 unspecified atom stereocenters. The summed E-state index contributed by atoms with van der Waals surface area (Å²) in [6, 6.07) is 0. The Kier molecular flexibility index (Phi) is 3.06. The van der Waals surface area contributed by atoms with Gasteiger partial charge < -0.3 is 19.7 Å². The Morgan fingerprint density at radius 2 is 1.43 bits per heavy atom. The summed E-state index contributed by atoms with van der Waals surface area (Å²) in [6.45, 7) is 2.72. The minimum absolute atomic E-state index is 0.0643. The lowest BCUT2D eigenvalue weighted by Gasteiger charge is -2.34. The van der Waals surface area contributed by atoms with Gasteiger partial charge in [-0.2, -0.15) is 0 Å². The highest BCUT2D eigenvalue weighted by atomic mass is 16.4. The van der Waals surface area contributed by atoms with E-state index < -0.39 is 11.9 Å². The van der Waals surface area contributed by atoms with Crippen LogP contribution in [-0.4, -0.2) is 53.8 Å². The molecule has 14 heavy (non-hydrogen) atoms. The van der Waals surface area contributed by atoms with E-state index in [1.165, 1.54) is 11.8 Å². The summed E-state index contributed by atoms with van der Waals surface area (Å²) >= 11 is 0. The molecule has 6 heteroatoms. The van der Waals surface area contributed by atoms with Gasteiger partial charge in [0.1, 0.15) is 5.97 Å². The monoisotopic (exact) mass is 199 g/mol. The van der Waals surface area contributed by atoms with E-state index in [2.05, 4.69) is 0 Å². The summed E-state index contributed by atoms with van der Waals surface area (Å²) in [4.78, 5) is 34.8. The zero-order valence-corrected chi connectivity index (χ0v) is 7.86. The first-order valence-corrected chi connectivity index (χ1v) is 4.28. The first-order chi connectivity index (χ1) is 6.52. The fourth-order valence-electron chi connectivity index (χ4n) is 1.35. The number of carboxylic acid groups (broad SMARTS) is 1. The Morgan fingerprint density at radius 3 is 1.79 bits per heavy atom. The minimum Gasteiger partial charge on any atom is -0.540 e. The van der Waals surface area contributed by atoms with Crippen LogP contribution in [0, 0.1) is 0 Å². The van der Waals surface area contributed by atoms with Crippen molar-refractivity contribution in [1.29, 1.82) is 0 Å². The largest absolute Gasteiger partial charge is 0.540 e. The molecule has 0 radical (unpaired) electrons. The van der Waals surface area contributed by atoms with Gasteiger partial charge in [0.2, 0.25) is 5.91 Å². The second-order valence-corrected chi connectivity index (χ2v) is 3.09. The SMILES string of the molecule is CC(=O)N1CCN(C(=O)C(=O)[O-])CC1. The Morgan fingerprint density at radius 1 is 1.00 bits per heavy atom. The van der Waals surface area contributed by atoms with Crippen LogP contribution in [0.4, 0.5) is 0 Å². The van der Waals surface area contributed by atoms with E-state index in [4.69, 9.17) is 0 Å². The summed E-state index contributed by atoms with van der Waals surface area (Å²) in [5, 5.41) is 10.2. The van der Waals surface area contributed by atoms with Gasteiger partial charge in [-0.3, -0.25) is 9.59 Å². The molecule has 6 nitrogen and oxygen atoms in total. The van der Waals surface area contributed by atoms with Gasteiger partial charge in [0.15, 0.2) is 0 Å². The van der Waals surface area contributed by atoms with Gasteiger partial charge >= 0.3 is 0 Å². The van der Waals surface area contributed by atoms with Crippen molar-refractivity contribution in [2.24, 2.45) is 0 Å². The normalized spacial score (nSPS) is 16.6. The van der Waals surface area contributed by atoms with E-state index in [0.29, 0.717) is 13.1 Å². The van der Waals surface area contributed by atoms with E-state index in [-0.39, 0.29) is 19.0 Å². The molecule has 0 atom stereocenters. The molecule has 0 aromatic heterocycles. The number of rotatable bonds is 0. The van der Waals surface area contributed by atoms with E-state index >= 15 is 0 Å². The van der Waals surface area contributed by atoms with Gasteiger partial charge in [-0.05, 0) is 0 Å². The number of piperazine rings is 1. The fourth-order valence-corrected chi connectivity index (χ4v) is 1.35. The van der Waals surface area contributed by atoms with E-state index in [1.54, 1.807) is 4.90 Å². The molecule has 0 aromatic rings. The first kappa shape index (κ1) is 10.5. The van der Waals surface area contributed by atoms with Crippen LogP contribution in [0.5, 0.6) is 0 Å². The predicted molar refractivity (Wildman–Crippen MR) is 43.8 cm³/mol. The average molecular weight is 199 g/mol. The molecule has 0 aromatic carbocycles. The summed E-state index contributed by atoms with van der Waals surface area (Å²) in [5.74, 6) is -2.76. The van der Waals surface area contributed by atoms with Crippen molar-refractivity contribution in [2.45, 2.75) is 6.92 Å². The van der Waals surface area contributed by atoms with Crippen LogP contribution in [0.2, 0.25) is 0 Å². The Labute approximate surface area is 81.1 Å². The van der Waals surface area contributed by atoms with Crippen molar-refractivity contribution >= 4 is 17.8 Å². The maximum Gasteiger partial charge on any atom is 0.269 e. The molecule has 1 aliphatic heterocycles. The molecule has 1 fully saturated rings. The lowest BCUT2D eigenvalue weighted by molar-refractivity contribution is -0.301. The predicted octanol–water partition coefficient (Wildman–Crippen LogP) is -2.57. The summed E-state index contributed by atoms with van der Waals surface area (Å²) in [6.07, 6.45) is 0. The van der Waals surface area contributed by atoms with E-state index in [9.17, 15) is 19.5 Å². The van der Waals surface area contributed by atoms with E-state index in [1.807, 2.05) is 0 Å². The van der Waals surface area contributed by atoms with Crippen molar-refractivity contribution in [2.75, 3.05) is 26.2 Å². The van der Waals surface area contributed by atoms with Crippen LogP contribution >= 0.6 is 0 Å². The molecule has 1 heterocycles. The lowest BCUT2D eigenvalue weighted by Crippen LogP contribution is -2.54. The van der Waals surface area contributed by atoms with Gasteiger partial charge in [0, 0.05) is 33.1 Å². The zero-order valence-electron chi connectivity index (χ0n) is 7.86. The van der Waals surface area contributed by atoms with Gasteiger partial charge in [-0.1, -0.05) is 0 Å². The molecule has 0 spiro atoms. The molecule has 1 saturated heterocycles. The maximum absolute atomic E-state index is 10.9. The lowest BCUT2D eigenvalue weighted by atomic mass is 10.3. The topological polar surface area (TPSA) is 80.8 Å². The molecule has 0 bridgehead atoms. The number of carbonyl (C=O) groups is 3. The van der Waals surface area contributed by atoms with Crippen LogP contribution in [0.25, 0.3) is 0 Å². The number of nitrogens with zero attached hydrogens (tertiary/aromatic N) is 2. The third-order valence-electron chi connectivity index (χ3n) is 2.19. The van der Waals surface area contributed by atoms with Crippen LogP contribution in [0.15, 0.2) is 0 Å². The highest BCUT2D eigenvalue weighted by Gasteiger charge is 2.22. The van der Waals surface area contributed by atoms with Gasteiger partial charge in [0.25, 0.3) is 5.91 Å². The molecule has 1 rings (SSSR count). The third-order valence-corrected chi connectivity index (χ3v) is 2.19. The smallest absolute Gasteiger partial charge is 0.269 e. The second kappa shape index (κ2) is 4.08. The highest BCUT2D eigenvalue weighted by Crippen LogP contribution is 2.01. The number of amides is 2. The summed E-state index contributed by atoms with van der Waals surface area (Å²) < 4.78 is 0. The highest BCUT2D eigenvalue weighted by molar-refractivity contribution is 6.30. The Bertz CT molecular complexity index is 269. The molecule has 0 N–H and O–H groups in total.